The van der Waals surface area contributed by atoms with Gasteiger partial charge in [-0.25, -0.2) is 0 Å². The Balaban J connectivity index is 1.72. The van der Waals surface area contributed by atoms with E-state index < -0.39 is 22.8 Å². The summed E-state index contributed by atoms with van der Waals surface area (Å²) in [6, 6.07) is 8.85. The van der Waals surface area contributed by atoms with E-state index in [0.29, 0.717) is 24.3 Å². The van der Waals surface area contributed by atoms with Gasteiger partial charge < -0.3 is 25.3 Å². The molecule has 2 rings (SSSR count). The van der Waals surface area contributed by atoms with Crippen LogP contribution in [0.1, 0.15) is 51.5 Å². The molecular formula is C22H32N4O6. The number of aliphatic hydroxyl groups excluding tert-OH is 1. The minimum absolute atomic E-state index is 0.0215. The van der Waals surface area contributed by atoms with Crippen molar-refractivity contribution in [2.75, 3.05) is 19.7 Å². The molecule has 0 spiro atoms. The highest BCUT2D eigenvalue weighted by atomic mass is 17.0. The zero-order chi connectivity index (χ0) is 23.6. The normalized spacial score (nSPS) is 19.4. The second-order valence-corrected chi connectivity index (χ2v) is 8.73. The number of nitrogens with zero attached hydrogens (tertiary/aromatic N) is 2. The summed E-state index contributed by atoms with van der Waals surface area (Å²) in [5.74, 6) is 0.0730. The first-order valence-electron chi connectivity index (χ1n) is 10.8. The van der Waals surface area contributed by atoms with Gasteiger partial charge in [0.05, 0.1) is 5.56 Å². The van der Waals surface area contributed by atoms with Crippen molar-refractivity contribution < 1.29 is 24.6 Å². The molecule has 1 aliphatic carbocycles. The number of hydrogen-bond donors (Lipinski definition) is 3. The van der Waals surface area contributed by atoms with Gasteiger partial charge in [-0.3, -0.25) is 4.79 Å². The van der Waals surface area contributed by atoms with Gasteiger partial charge in [0.15, 0.2) is 0 Å². The Kier molecular flexibility index (Phi) is 9.68. The molecule has 3 atom stereocenters. The molecule has 32 heavy (non-hydrogen) atoms. The maximum atomic E-state index is 12.4. The van der Waals surface area contributed by atoms with Gasteiger partial charge in [0.2, 0.25) is 5.91 Å². The lowest BCUT2D eigenvalue weighted by molar-refractivity contribution is -0.771. The maximum Gasteiger partial charge on any atom is 0.294 e. The molecule has 1 unspecified atom stereocenters. The van der Waals surface area contributed by atoms with E-state index in [2.05, 4.69) is 10.6 Å². The average Bonchev–Trinajstić information content (AvgIpc) is 2.76. The monoisotopic (exact) mass is 448 g/mol. The highest BCUT2D eigenvalue weighted by molar-refractivity contribution is 5.76. The molecule has 0 aliphatic heterocycles. The Bertz CT molecular complexity index is 810. The van der Waals surface area contributed by atoms with Crippen LogP contribution >= 0.6 is 0 Å². The summed E-state index contributed by atoms with van der Waals surface area (Å²) in [4.78, 5) is 27.8. The Morgan fingerprint density at radius 3 is 2.81 bits per heavy atom. The molecule has 10 nitrogen and oxygen atoms in total. The van der Waals surface area contributed by atoms with Crippen molar-refractivity contribution in [2.24, 2.45) is 5.92 Å². The molecule has 0 bridgehead atoms. The maximum absolute atomic E-state index is 12.4. The van der Waals surface area contributed by atoms with Crippen molar-refractivity contribution in [3.8, 4) is 11.8 Å². The van der Waals surface area contributed by atoms with E-state index in [1.165, 1.54) is 0 Å². The molecule has 1 saturated carbocycles. The second-order valence-electron chi connectivity index (χ2n) is 8.73. The number of hydrogen-bond acceptors (Lipinski definition) is 8. The van der Waals surface area contributed by atoms with Crippen molar-refractivity contribution in [3.63, 3.8) is 0 Å². The molecule has 0 saturated heterocycles. The van der Waals surface area contributed by atoms with E-state index in [4.69, 9.17) is 14.8 Å². The molecule has 1 aromatic carbocycles. The lowest BCUT2D eigenvalue weighted by atomic mass is 9.84. The summed E-state index contributed by atoms with van der Waals surface area (Å²) in [6.45, 7) is 4.37. The summed E-state index contributed by atoms with van der Waals surface area (Å²) < 4.78 is 5.53. The molecule has 0 aromatic heterocycles. The van der Waals surface area contributed by atoms with Crippen LogP contribution < -0.4 is 15.4 Å². The van der Waals surface area contributed by atoms with E-state index in [-0.39, 0.29) is 31.4 Å². The first-order valence-corrected chi connectivity index (χ1v) is 10.8. The Morgan fingerprint density at radius 2 is 2.09 bits per heavy atom. The number of carbonyl (C=O) groups excluding carboxylic acids is 1. The third kappa shape index (κ3) is 8.69. The Morgan fingerprint density at radius 1 is 1.38 bits per heavy atom. The van der Waals surface area contributed by atoms with Gasteiger partial charge in [-0.2, -0.15) is 5.26 Å². The van der Waals surface area contributed by atoms with Gasteiger partial charge in [0.1, 0.15) is 30.6 Å². The van der Waals surface area contributed by atoms with Gasteiger partial charge in [0, 0.05) is 25.0 Å². The van der Waals surface area contributed by atoms with Gasteiger partial charge in [0.25, 0.3) is 5.09 Å². The van der Waals surface area contributed by atoms with E-state index in [1.807, 2.05) is 19.9 Å². The number of β-amino-alcohol motifs (C(OH)–C–C–N with tert-alkyl or cyclic N) is 1. The SMILES string of the molecule is CC(C)(CNC(=O)C[C@@H]1CCCC[C@H]1O[N+](=O)[O-])NCC(O)COc1ccccc1C#N. The molecule has 176 valence electrons. The van der Waals surface area contributed by atoms with Crippen LogP contribution in [-0.2, 0) is 9.63 Å². The van der Waals surface area contributed by atoms with E-state index in [1.54, 1.807) is 24.3 Å². The zero-order valence-corrected chi connectivity index (χ0v) is 18.6. The zero-order valence-electron chi connectivity index (χ0n) is 18.6. The summed E-state index contributed by atoms with van der Waals surface area (Å²) in [6.07, 6.45) is 1.96. The first-order chi connectivity index (χ1) is 15.2. The summed E-state index contributed by atoms with van der Waals surface area (Å²) in [5, 5.41) is 35.2. The van der Waals surface area contributed by atoms with Crippen LogP contribution in [0.2, 0.25) is 0 Å². The first kappa shape index (κ1) is 25.4. The van der Waals surface area contributed by atoms with Crippen molar-refractivity contribution in [2.45, 2.75) is 63.7 Å². The summed E-state index contributed by atoms with van der Waals surface area (Å²) in [5.41, 5.74) is -0.0932. The van der Waals surface area contributed by atoms with Crippen LogP contribution in [0.5, 0.6) is 5.75 Å². The molecular weight excluding hydrogens is 416 g/mol. The number of aliphatic hydroxyl groups is 1. The van der Waals surface area contributed by atoms with E-state index in [9.17, 15) is 20.0 Å². The number of para-hydroxylation sites is 1. The number of benzene rings is 1. The quantitative estimate of drug-likeness (QED) is 0.325. The van der Waals surface area contributed by atoms with Crippen LogP contribution in [0.15, 0.2) is 24.3 Å². The summed E-state index contributed by atoms with van der Waals surface area (Å²) >= 11 is 0. The van der Waals surface area contributed by atoms with E-state index >= 15 is 0 Å². The molecule has 1 fully saturated rings. The summed E-state index contributed by atoms with van der Waals surface area (Å²) in [7, 11) is 0. The van der Waals surface area contributed by atoms with Crippen LogP contribution in [0, 0.1) is 27.4 Å². The Hall–Kier alpha value is -2.90. The minimum Gasteiger partial charge on any atom is -0.489 e. The number of amides is 1. The predicted octanol–water partition coefficient (Wildman–Crippen LogP) is 1.94. The van der Waals surface area contributed by atoms with Crippen LogP contribution in [0.25, 0.3) is 0 Å². The van der Waals surface area contributed by atoms with Crippen LogP contribution in [0.4, 0.5) is 0 Å². The van der Waals surface area contributed by atoms with Gasteiger partial charge >= 0.3 is 0 Å². The van der Waals surface area contributed by atoms with Gasteiger partial charge in [-0.05, 0) is 44.7 Å². The number of nitrogens with one attached hydrogen (secondary N) is 2. The van der Waals surface area contributed by atoms with Gasteiger partial charge in [-0.15, -0.1) is 10.1 Å². The van der Waals surface area contributed by atoms with Gasteiger partial charge in [-0.1, -0.05) is 25.0 Å². The molecule has 0 radical (unpaired) electrons. The molecule has 10 heteroatoms. The topological polar surface area (TPSA) is 147 Å². The minimum atomic E-state index is -0.806. The third-order valence-electron chi connectivity index (χ3n) is 5.49. The van der Waals surface area contributed by atoms with Crippen LogP contribution in [-0.4, -0.2) is 53.5 Å². The smallest absolute Gasteiger partial charge is 0.294 e. The van der Waals surface area contributed by atoms with Crippen molar-refractivity contribution in [1.29, 1.82) is 5.26 Å². The highest BCUT2D eigenvalue weighted by Gasteiger charge is 2.30. The van der Waals surface area contributed by atoms with Crippen molar-refractivity contribution in [1.82, 2.24) is 10.6 Å². The molecule has 1 aromatic rings. The second kappa shape index (κ2) is 12.2. The number of ether oxygens (including phenoxy) is 1. The molecule has 0 heterocycles. The highest BCUT2D eigenvalue weighted by Crippen LogP contribution is 2.29. The number of rotatable bonds is 12. The fourth-order valence-electron chi connectivity index (χ4n) is 3.67. The molecule has 1 aliphatic rings. The lowest BCUT2D eigenvalue weighted by Crippen LogP contribution is -2.52. The number of carbonyl (C=O) groups is 1. The number of nitriles is 1. The largest absolute Gasteiger partial charge is 0.489 e. The fraction of sp³-hybridized carbons (Fsp3) is 0.636. The predicted molar refractivity (Wildman–Crippen MR) is 116 cm³/mol. The lowest BCUT2D eigenvalue weighted by Gasteiger charge is -2.31. The molecule has 3 N–H and O–H groups in total. The fourth-order valence-corrected chi connectivity index (χ4v) is 3.67. The third-order valence-corrected chi connectivity index (χ3v) is 5.49. The van der Waals surface area contributed by atoms with Crippen LogP contribution in [0.3, 0.4) is 0 Å². The molecule has 1 amide bonds. The van der Waals surface area contributed by atoms with Crippen molar-refractivity contribution >= 4 is 5.91 Å². The van der Waals surface area contributed by atoms with E-state index in [0.717, 1.165) is 19.3 Å². The Labute approximate surface area is 188 Å². The average molecular weight is 449 g/mol. The van der Waals surface area contributed by atoms with Crippen molar-refractivity contribution in [3.05, 3.63) is 39.9 Å². The standard InChI is InChI=1S/C22H32N4O6/c1-22(2,25-13-18(27)14-31-19-9-5-4-8-17(19)12-23)15-24-21(28)11-16-7-3-6-10-20(16)32-26(29)30/h4-5,8-9,16,18,20,25,27H,3,6-7,10-11,13-15H2,1-2H3,(H,24,28)/t16-,18?,20+/m0/s1.